The molecule has 0 bridgehead atoms. The van der Waals surface area contributed by atoms with E-state index in [-0.39, 0.29) is 23.8 Å². The summed E-state index contributed by atoms with van der Waals surface area (Å²) in [5, 5.41) is 6.69. The molecule has 2 amide bonds. The maximum atomic E-state index is 13.4. The molecule has 6 nitrogen and oxygen atoms in total. The Kier molecular flexibility index (Phi) is 9.93. The van der Waals surface area contributed by atoms with Crippen LogP contribution in [0.1, 0.15) is 50.3 Å². The highest BCUT2D eigenvalue weighted by Crippen LogP contribution is 2.29. The molecule has 1 saturated heterocycles. The number of hydrogen-bond donors (Lipinski definition) is 2. The van der Waals surface area contributed by atoms with Crippen molar-refractivity contribution in [2.75, 3.05) is 31.6 Å². The van der Waals surface area contributed by atoms with Crippen LogP contribution in [0.15, 0.2) is 48.5 Å². The fraction of sp³-hybridized carbons (Fsp3) is 0.481. The van der Waals surface area contributed by atoms with Gasteiger partial charge in [0.05, 0.1) is 6.10 Å². The zero-order valence-electron chi connectivity index (χ0n) is 20.4. The van der Waals surface area contributed by atoms with Gasteiger partial charge in [-0.25, -0.2) is 0 Å². The van der Waals surface area contributed by atoms with Crippen molar-refractivity contribution in [2.24, 2.45) is 5.92 Å². The number of piperidine rings is 1. The van der Waals surface area contributed by atoms with Crippen molar-refractivity contribution in [2.45, 2.75) is 52.2 Å². The number of nitrogens with one attached hydrogen (secondary N) is 2. The van der Waals surface area contributed by atoms with Gasteiger partial charge < -0.3 is 15.4 Å². The molecule has 1 heterocycles. The first-order chi connectivity index (χ1) is 16.3. The molecule has 184 valence electrons. The molecule has 1 atom stereocenters. The average molecular weight is 486 g/mol. The van der Waals surface area contributed by atoms with E-state index in [0.29, 0.717) is 37.0 Å². The molecule has 0 aliphatic carbocycles. The summed E-state index contributed by atoms with van der Waals surface area (Å²) in [5.41, 5.74) is 2.58. The second-order valence-electron chi connectivity index (χ2n) is 9.14. The third-order valence-electron chi connectivity index (χ3n) is 6.14. The lowest BCUT2D eigenvalue weighted by Crippen LogP contribution is -2.45. The highest BCUT2D eigenvalue weighted by Gasteiger charge is 2.33. The Morgan fingerprint density at radius 1 is 1.12 bits per heavy atom. The van der Waals surface area contributed by atoms with Gasteiger partial charge in [-0.2, -0.15) is 0 Å². The molecular formula is C27H36ClN3O3. The molecule has 7 heteroatoms. The summed E-state index contributed by atoms with van der Waals surface area (Å²) in [6, 6.07) is 14.9. The third-order valence-corrected chi connectivity index (χ3v) is 6.55. The summed E-state index contributed by atoms with van der Waals surface area (Å²) in [7, 11) is 0. The first-order valence-electron chi connectivity index (χ1n) is 12.1. The van der Waals surface area contributed by atoms with E-state index in [2.05, 4.69) is 15.5 Å². The molecule has 2 N–H and O–H groups in total. The van der Waals surface area contributed by atoms with Gasteiger partial charge in [0, 0.05) is 29.8 Å². The number of aryl methyl sites for hydroxylation is 1. The predicted molar refractivity (Wildman–Crippen MR) is 137 cm³/mol. The molecule has 3 rings (SSSR count). The smallest absolute Gasteiger partial charge is 0.246 e. The molecule has 0 aromatic heterocycles. The van der Waals surface area contributed by atoms with E-state index in [9.17, 15) is 9.59 Å². The standard InChI is InChI=1S/C27H36ClN3O3/c1-19(2)34-17-7-14-29-26(32)22-12-15-31(16-13-22)25(21-8-5-4-6-9-21)27(33)30-23-11-10-20(3)24(28)18-23/h4-6,8-11,18-19,22,25H,7,12-17H2,1-3H3,(H,29,32)(H,30,33). The van der Waals surface area contributed by atoms with Crippen molar-refractivity contribution >= 4 is 29.1 Å². The van der Waals surface area contributed by atoms with Crippen molar-refractivity contribution in [1.82, 2.24) is 10.2 Å². The van der Waals surface area contributed by atoms with Gasteiger partial charge in [-0.1, -0.05) is 48.0 Å². The maximum Gasteiger partial charge on any atom is 0.246 e. The van der Waals surface area contributed by atoms with Crippen LogP contribution in [0.4, 0.5) is 5.69 Å². The quantitative estimate of drug-likeness (QED) is 0.466. The zero-order valence-corrected chi connectivity index (χ0v) is 21.1. The lowest BCUT2D eigenvalue weighted by atomic mass is 9.93. The minimum atomic E-state index is -0.432. The number of rotatable bonds is 10. The van der Waals surface area contributed by atoms with Crippen molar-refractivity contribution in [1.29, 1.82) is 0 Å². The minimum Gasteiger partial charge on any atom is -0.379 e. The Bertz CT molecular complexity index is 943. The topological polar surface area (TPSA) is 70.7 Å². The van der Waals surface area contributed by atoms with Gasteiger partial charge >= 0.3 is 0 Å². The molecule has 2 aromatic carbocycles. The summed E-state index contributed by atoms with van der Waals surface area (Å²) in [5.74, 6) is -0.0314. The molecule has 2 aromatic rings. The number of halogens is 1. The maximum absolute atomic E-state index is 13.4. The van der Waals surface area contributed by atoms with Gasteiger partial charge in [-0.3, -0.25) is 14.5 Å². The number of ether oxygens (including phenoxy) is 1. The molecule has 0 spiro atoms. The van der Waals surface area contributed by atoms with Gasteiger partial charge in [0.1, 0.15) is 6.04 Å². The van der Waals surface area contributed by atoms with Crippen LogP contribution in [0.5, 0.6) is 0 Å². The summed E-state index contributed by atoms with van der Waals surface area (Å²) in [4.78, 5) is 28.2. The first kappa shape index (κ1) is 26.2. The van der Waals surface area contributed by atoms with Crippen LogP contribution in [0.2, 0.25) is 5.02 Å². The Hall–Kier alpha value is -2.41. The normalized spacial score (nSPS) is 15.8. The number of carbonyl (C=O) groups excluding carboxylic acids is 2. The van der Waals surface area contributed by atoms with Gasteiger partial charge in [-0.15, -0.1) is 0 Å². The number of carbonyl (C=O) groups is 2. The van der Waals surface area contributed by atoms with Crippen LogP contribution in [0.3, 0.4) is 0 Å². The van der Waals surface area contributed by atoms with Crippen molar-refractivity contribution in [3.8, 4) is 0 Å². The summed E-state index contributed by atoms with van der Waals surface area (Å²) >= 11 is 6.25. The van der Waals surface area contributed by atoms with E-state index in [0.717, 1.165) is 30.4 Å². The number of benzene rings is 2. The van der Waals surface area contributed by atoms with Gasteiger partial charge in [0.25, 0.3) is 0 Å². The lowest BCUT2D eigenvalue weighted by Gasteiger charge is -2.36. The van der Waals surface area contributed by atoms with Crippen LogP contribution in [-0.4, -0.2) is 49.1 Å². The van der Waals surface area contributed by atoms with E-state index in [1.54, 1.807) is 6.07 Å². The van der Waals surface area contributed by atoms with Crippen LogP contribution < -0.4 is 10.6 Å². The van der Waals surface area contributed by atoms with E-state index < -0.39 is 6.04 Å². The van der Waals surface area contributed by atoms with E-state index in [1.807, 2.05) is 63.2 Å². The second kappa shape index (κ2) is 12.9. The Labute approximate surface area is 208 Å². The monoisotopic (exact) mass is 485 g/mol. The Morgan fingerprint density at radius 3 is 2.47 bits per heavy atom. The van der Waals surface area contributed by atoms with E-state index in [1.165, 1.54) is 0 Å². The largest absolute Gasteiger partial charge is 0.379 e. The summed E-state index contributed by atoms with van der Waals surface area (Å²) in [6.07, 6.45) is 2.46. The van der Waals surface area contributed by atoms with Crippen LogP contribution >= 0.6 is 11.6 Å². The van der Waals surface area contributed by atoms with Crippen LogP contribution in [0, 0.1) is 12.8 Å². The first-order valence-corrected chi connectivity index (χ1v) is 12.5. The van der Waals surface area contributed by atoms with Crippen LogP contribution in [0.25, 0.3) is 0 Å². The number of likely N-dealkylation sites (tertiary alicyclic amines) is 1. The zero-order chi connectivity index (χ0) is 24.5. The van der Waals surface area contributed by atoms with E-state index in [4.69, 9.17) is 16.3 Å². The Balaban J connectivity index is 1.59. The molecule has 0 saturated carbocycles. The van der Waals surface area contributed by atoms with Gasteiger partial charge in [-0.05, 0) is 76.4 Å². The lowest BCUT2D eigenvalue weighted by molar-refractivity contribution is -0.127. The molecule has 1 fully saturated rings. The average Bonchev–Trinajstić information content (AvgIpc) is 2.82. The highest BCUT2D eigenvalue weighted by atomic mass is 35.5. The highest BCUT2D eigenvalue weighted by molar-refractivity contribution is 6.31. The second-order valence-corrected chi connectivity index (χ2v) is 9.55. The van der Waals surface area contributed by atoms with E-state index >= 15 is 0 Å². The molecule has 1 aliphatic heterocycles. The number of hydrogen-bond acceptors (Lipinski definition) is 4. The molecule has 0 radical (unpaired) electrons. The van der Waals surface area contributed by atoms with Crippen molar-refractivity contribution in [3.63, 3.8) is 0 Å². The summed E-state index contributed by atoms with van der Waals surface area (Å²) < 4.78 is 5.53. The number of amides is 2. The summed E-state index contributed by atoms with van der Waals surface area (Å²) in [6.45, 7) is 8.57. The fourth-order valence-corrected chi connectivity index (χ4v) is 4.39. The fourth-order valence-electron chi connectivity index (χ4n) is 4.21. The van der Waals surface area contributed by atoms with Crippen molar-refractivity contribution < 1.29 is 14.3 Å². The van der Waals surface area contributed by atoms with Gasteiger partial charge in [0.15, 0.2) is 0 Å². The van der Waals surface area contributed by atoms with Crippen LogP contribution in [-0.2, 0) is 14.3 Å². The minimum absolute atomic E-state index is 0.0299. The van der Waals surface area contributed by atoms with Gasteiger partial charge in [0.2, 0.25) is 11.8 Å². The number of anilines is 1. The number of nitrogens with zero attached hydrogens (tertiary/aromatic N) is 1. The SMILES string of the molecule is Cc1ccc(NC(=O)C(c2ccccc2)N2CCC(C(=O)NCCCOC(C)C)CC2)cc1Cl. The molecule has 1 unspecified atom stereocenters. The molecule has 1 aliphatic rings. The predicted octanol–water partition coefficient (Wildman–Crippen LogP) is 4.97. The third kappa shape index (κ3) is 7.55. The Morgan fingerprint density at radius 2 is 1.82 bits per heavy atom. The molecule has 34 heavy (non-hydrogen) atoms. The molecular weight excluding hydrogens is 450 g/mol. The van der Waals surface area contributed by atoms with Crippen molar-refractivity contribution in [3.05, 3.63) is 64.7 Å².